The van der Waals surface area contributed by atoms with E-state index in [0.717, 1.165) is 0 Å². The first-order valence-corrected chi connectivity index (χ1v) is 8.89. The zero-order valence-corrected chi connectivity index (χ0v) is 15.9. The van der Waals surface area contributed by atoms with Crippen LogP contribution < -0.4 is 5.32 Å². The molecule has 2 atom stereocenters. The lowest BCUT2D eigenvalue weighted by Crippen LogP contribution is -2.58. The fraction of sp³-hybridized carbons (Fsp3) is 0.824. The van der Waals surface area contributed by atoms with Crippen molar-refractivity contribution in [3.8, 4) is 0 Å². The number of aliphatic carboxylic acids is 1. The first-order chi connectivity index (χ1) is 12.0. The van der Waals surface area contributed by atoms with Crippen molar-refractivity contribution in [3.63, 3.8) is 0 Å². The van der Waals surface area contributed by atoms with Gasteiger partial charge in [0.25, 0.3) is 0 Å². The van der Waals surface area contributed by atoms with E-state index < -0.39 is 29.2 Å². The van der Waals surface area contributed by atoms with Gasteiger partial charge in [-0.25, -0.2) is 9.59 Å². The fourth-order valence-corrected chi connectivity index (χ4v) is 3.20. The van der Waals surface area contributed by atoms with Crippen molar-refractivity contribution in [1.82, 2.24) is 15.1 Å². The molecule has 2 aliphatic rings. The number of amides is 2. The molecule has 0 spiro atoms. The minimum atomic E-state index is -1.46. The quantitative estimate of drug-likeness (QED) is 0.731. The summed E-state index contributed by atoms with van der Waals surface area (Å²) in [6.45, 7) is 9.46. The number of hydrogen-bond donors (Lipinski definition) is 2. The van der Waals surface area contributed by atoms with E-state index in [4.69, 9.17) is 9.47 Å². The molecule has 0 aromatic heterocycles. The van der Waals surface area contributed by atoms with Crippen molar-refractivity contribution in [1.29, 1.82) is 0 Å². The topological polar surface area (TPSA) is 108 Å². The first-order valence-electron chi connectivity index (χ1n) is 8.89. The average Bonchev–Trinajstić information content (AvgIpc) is 2.98. The summed E-state index contributed by atoms with van der Waals surface area (Å²) in [5, 5.41) is 12.2. The summed E-state index contributed by atoms with van der Waals surface area (Å²) in [5.41, 5.74) is -2.18. The van der Waals surface area contributed by atoms with E-state index in [2.05, 4.69) is 5.32 Å². The molecule has 2 N–H and O–H groups in total. The number of nitrogens with one attached hydrogen (secondary N) is 1. The lowest BCUT2D eigenvalue weighted by molar-refractivity contribution is -0.145. The molecule has 2 rings (SSSR count). The van der Waals surface area contributed by atoms with E-state index in [1.807, 2.05) is 0 Å². The molecule has 9 heteroatoms. The highest BCUT2D eigenvalue weighted by Gasteiger charge is 2.49. The molecule has 26 heavy (non-hydrogen) atoms. The number of carbonyl (C=O) groups is 3. The third-order valence-corrected chi connectivity index (χ3v) is 4.68. The van der Waals surface area contributed by atoms with E-state index in [1.54, 1.807) is 37.5 Å². The molecule has 0 bridgehead atoms. The van der Waals surface area contributed by atoms with E-state index in [9.17, 15) is 19.5 Å². The van der Waals surface area contributed by atoms with Crippen molar-refractivity contribution in [2.45, 2.75) is 51.3 Å². The van der Waals surface area contributed by atoms with Gasteiger partial charge in [-0.1, -0.05) is 0 Å². The lowest BCUT2D eigenvalue weighted by Gasteiger charge is -2.33. The number of hydrogen-bond acceptors (Lipinski definition) is 6. The van der Waals surface area contributed by atoms with Crippen LogP contribution in [0.3, 0.4) is 0 Å². The molecule has 0 aromatic rings. The molecular weight excluding hydrogens is 342 g/mol. The van der Waals surface area contributed by atoms with Gasteiger partial charge in [0, 0.05) is 26.2 Å². The van der Waals surface area contributed by atoms with Crippen molar-refractivity contribution in [2.24, 2.45) is 0 Å². The monoisotopic (exact) mass is 371 g/mol. The number of likely N-dealkylation sites (tertiary alicyclic amines) is 1. The Balaban J connectivity index is 2.02. The molecule has 2 saturated heterocycles. The molecule has 2 amide bonds. The number of alkyl carbamates (subject to hydrolysis) is 1. The third kappa shape index (κ3) is 4.85. The van der Waals surface area contributed by atoms with E-state index in [-0.39, 0.29) is 18.9 Å². The summed E-state index contributed by atoms with van der Waals surface area (Å²) in [5.74, 6) is -1.18. The summed E-state index contributed by atoms with van der Waals surface area (Å²) in [6.07, 6.45) is -0.559. The highest BCUT2D eigenvalue weighted by molar-refractivity contribution is 5.86. The fourth-order valence-electron chi connectivity index (χ4n) is 3.20. The molecule has 2 aliphatic heterocycles. The maximum atomic E-state index is 12.6. The smallest absolute Gasteiger partial charge is 0.408 e. The Hall–Kier alpha value is -1.87. The van der Waals surface area contributed by atoms with Crippen LogP contribution in [-0.4, -0.2) is 89.5 Å². The largest absolute Gasteiger partial charge is 0.479 e. The van der Waals surface area contributed by atoms with Crippen molar-refractivity contribution in [2.75, 3.05) is 39.4 Å². The lowest BCUT2D eigenvalue weighted by atomic mass is 9.99. The van der Waals surface area contributed by atoms with Crippen LogP contribution in [0.25, 0.3) is 0 Å². The van der Waals surface area contributed by atoms with Gasteiger partial charge in [0.2, 0.25) is 5.91 Å². The average molecular weight is 371 g/mol. The molecule has 0 aliphatic carbocycles. The minimum Gasteiger partial charge on any atom is -0.479 e. The molecular formula is C17H29N3O6. The molecule has 0 radical (unpaired) electrons. The Morgan fingerprint density at radius 3 is 2.35 bits per heavy atom. The summed E-state index contributed by atoms with van der Waals surface area (Å²) in [7, 11) is 0. The van der Waals surface area contributed by atoms with E-state index in [1.165, 1.54) is 0 Å². The van der Waals surface area contributed by atoms with Gasteiger partial charge >= 0.3 is 12.1 Å². The first kappa shape index (κ1) is 20.4. The number of morpholine rings is 1. The Morgan fingerprint density at radius 2 is 1.81 bits per heavy atom. The maximum absolute atomic E-state index is 12.6. The molecule has 9 nitrogen and oxygen atoms in total. The van der Waals surface area contributed by atoms with E-state index >= 15 is 0 Å². The van der Waals surface area contributed by atoms with Gasteiger partial charge in [-0.3, -0.25) is 9.69 Å². The maximum Gasteiger partial charge on any atom is 0.408 e. The number of rotatable bonds is 4. The van der Waals surface area contributed by atoms with Crippen molar-refractivity contribution < 1.29 is 29.0 Å². The number of nitrogens with zero attached hydrogens (tertiary/aromatic N) is 2. The highest BCUT2D eigenvalue weighted by atomic mass is 16.6. The van der Waals surface area contributed by atoms with Gasteiger partial charge < -0.3 is 24.8 Å². The predicted octanol–water partition coefficient (Wildman–Crippen LogP) is 0.288. The van der Waals surface area contributed by atoms with Crippen LogP contribution in [0.4, 0.5) is 4.79 Å². The van der Waals surface area contributed by atoms with Crippen LogP contribution in [-0.2, 0) is 19.1 Å². The summed E-state index contributed by atoms with van der Waals surface area (Å²) < 4.78 is 10.4. The Bertz CT molecular complexity index is 555. The molecule has 2 fully saturated rings. The van der Waals surface area contributed by atoms with Crippen LogP contribution >= 0.6 is 0 Å². The SMILES string of the molecule is CC(C(=O)N1CCOCC1)N1CCC(NC(=O)OC(C)(C)C)(C(=O)O)C1. The van der Waals surface area contributed by atoms with Crippen molar-refractivity contribution in [3.05, 3.63) is 0 Å². The zero-order chi connectivity index (χ0) is 19.5. The Labute approximate surface area is 153 Å². The standard InChI is InChI=1S/C17H29N3O6/c1-12(13(21)19-7-9-25-10-8-19)20-6-5-17(11-20,14(22)23)18-15(24)26-16(2,3)4/h12H,5-11H2,1-4H3,(H,18,24)(H,22,23). The van der Waals surface area contributed by atoms with Crippen LogP contribution in [0.2, 0.25) is 0 Å². The van der Waals surface area contributed by atoms with Crippen LogP contribution in [0.1, 0.15) is 34.1 Å². The molecule has 0 aromatic carbocycles. The molecule has 2 unspecified atom stereocenters. The van der Waals surface area contributed by atoms with Crippen LogP contribution in [0, 0.1) is 0 Å². The van der Waals surface area contributed by atoms with Gasteiger partial charge in [-0.05, 0) is 34.1 Å². The second kappa shape index (κ2) is 7.79. The predicted molar refractivity (Wildman–Crippen MR) is 92.8 cm³/mol. The highest BCUT2D eigenvalue weighted by Crippen LogP contribution is 2.25. The van der Waals surface area contributed by atoms with Crippen LogP contribution in [0.15, 0.2) is 0 Å². The minimum absolute atomic E-state index is 0.0493. The Kier molecular flexibility index (Phi) is 6.13. The number of carbonyl (C=O) groups excluding carboxylic acids is 2. The zero-order valence-electron chi connectivity index (χ0n) is 15.9. The van der Waals surface area contributed by atoms with Gasteiger partial charge in [-0.15, -0.1) is 0 Å². The summed E-state index contributed by atoms with van der Waals surface area (Å²) in [4.78, 5) is 40.1. The number of carboxylic acid groups (broad SMARTS) is 1. The second-order valence-corrected chi connectivity index (χ2v) is 7.85. The van der Waals surface area contributed by atoms with Gasteiger partial charge in [0.05, 0.1) is 19.3 Å². The van der Waals surface area contributed by atoms with Gasteiger partial charge in [0.1, 0.15) is 5.60 Å². The molecule has 0 saturated carbocycles. The normalized spacial score (nSPS) is 25.6. The van der Waals surface area contributed by atoms with Gasteiger partial charge in [-0.2, -0.15) is 0 Å². The summed E-state index contributed by atoms with van der Waals surface area (Å²) >= 11 is 0. The number of ether oxygens (including phenoxy) is 2. The molecule has 2 heterocycles. The third-order valence-electron chi connectivity index (χ3n) is 4.68. The number of carboxylic acids is 1. The molecule has 148 valence electrons. The van der Waals surface area contributed by atoms with Crippen molar-refractivity contribution >= 4 is 18.0 Å². The van der Waals surface area contributed by atoms with Gasteiger partial charge in [0.15, 0.2) is 5.54 Å². The van der Waals surface area contributed by atoms with E-state index in [0.29, 0.717) is 32.8 Å². The second-order valence-electron chi connectivity index (χ2n) is 7.85. The summed E-state index contributed by atoms with van der Waals surface area (Å²) in [6, 6.07) is -0.463. The Morgan fingerprint density at radius 1 is 1.19 bits per heavy atom. The van der Waals surface area contributed by atoms with Crippen LogP contribution in [0.5, 0.6) is 0 Å².